The van der Waals surface area contributed by atoms with Crippen molar-refractivity contribution in [3.8, 4) is 0 Å². The van der Waals surface area contributed by atoms with Gasteiger partial charge in [-0.1, -0.05) is 17.3 Å². The number of rotatable bonds is 4. The number of carbonyl (C=O) groups is 1. The van der Waals surface area contributed by atoms with E-state index in [9.17, 15) is 9.18 Å². The fourth-order valence-corrected chi connectivity index (χ4v) is 2.65. The molecule has 126 valence electrons. The van der Waals surface area contributed by atoms with Crippen LogP contribution in [0.15, 0.2) is 35.5 Å². The molecule has 0 fully saturated rings. The summed E-state index contributed by atoms with van der Waals surface area (Å²) in [7, 11) is 1.83. The number of halogens is 1. The fraction of sp³-hybridized carbons (Fsp3) is 0.353. The summed E-state index contributed by atoms with van der Waals surface area (Å²) >= 11 is 0. The van der Waals surface area contributed by atoms with Crippen LogP contribution < -0.4 is 5.32 Å². The minimum Gasteiger partial charge on any atom is -0.379 e. The van der Waals surface area contributed by atoms with Crippen molar-refractivity contribution in [3.63, 3.8) is 0 Å². The predicted molar refractivity (Wildman–Crippen MR) is 86.8 cm³/mol. The van der Waals surface area contributed by atoms with Crippen LogP contribution in [0.2, 0.25) is 0 Å². The quantitative estimate of drug-likeness (QED) is 0.933. The molecule has 0 saturated heterocycles. The van der Waals surface area contributed by atoms with E-state index in [-0.39, 0.29) is 11.7 Å². The largest absolute Gasteiger partial charge is 0.379 e. The number of benzene rings is 1. The van der Waals surface area contributed by atoms with Crippen molar-refractivity contribution in [2.75, 3.05) is 0 Å². The molecule has 7 heteroatoms. The molecule has 1 amide bonds. The predicted octanol–water partition coefficient (Wildman–Crippen LogP) is 2.07. The van der Waals surface area contributed by atoms with E-state index in [0.29, 0.717) is 18.7 Å². The Bertz CT molecular complexity index is 797. The van der Waals surface area contributed by atoms with E-state index >= 15 is 0 Å². The molecular weight excluding hydrogens is 311 g/mol. The zero-order valence-corrected chi connectivity index (χ0v) is 13.8. The fourth-order valence-electron chi connectivity index (χ4n) is 2.65. The van der Waals surface area contributed by atoms with Gasteiger partial charge in [-0.05, 0) is 37.6 Å². The molecule has 1 unspecified atom stereocenters. The van der Waals surface area contributed by atoms with Crippen LogP contribution in [-0.4, -0.2) is 27.0 Å². The maximum absolute atomic E-state index is 13.0. The molecule has 3 rings (SSSR count). The van der Waals surface area contributed by atoms with Crippen molar-refractivity contribution < 1.29 is 14.0 Å². The second-order valence-electron chi connectivity index (χ2n) is 6.13. The van der Waals surface area contributed by atoms with E-state index in [1.54, 1.807) is 23.7 Å². The molecule has 0 radical (unpaired) electrons. The van der Waals surface area contributed by atoms with Crippen molar-refractivity contribution in [2.24, 2.45) is 12.2 Å². The summed E-state index contributed by atoms with van der Waals surface area (Å²) in [6.07, 6.45) is 0.328. The highest BCUT2D eigenvalue weighted by atomic mass is 19.1. The molecule has 0 spiro atoms. The molecule has 0 aliphatic carbocycles. The number of oxime groups is 1. The standard InChI is InChI=1S/C17H19FN4O2/c1-11-8-14(22(3)20-11)10-19-16(23)17(2)9-15(21-24-17)12-4-6-13(18)7-5-12/h4-8H,9-10H2,1-3H3,(H,19,23). The highest BCUT2D eigenvalue weighted by Gasteiger charge is 2.42. The molecule has 2 heterocycles. The Morgan fingerprint density at radius 2 is 2.12 bits per heavy atom. The second kappa shape index (κ2) is 6.07. The molecule has 1 aromatic heterocycles. The van der Waals surface area contributed by atoms with Gasteiger partial charge in [-0.3, -0.25) is 9.48 Å². The first kappa shape index (κ1) is 16.2. The van der Waals surface area contributed by atoms with Gasteiger partial charge in [0, 0.05) is 13.5 Å². The van der Waals surface area contributed by atoms with Gasteiger partial charge in [-0.2, -0.15) is 5.10 Å². The summed E-state index contributed by atoms with van der Waals surface area (Å²) in [4.78, 5) is 17.9. The number of hydrogen-bond donors (Lipinski definition) is 1. The average Bonchev–Trinajstić information content (AvgIpc) is 3.09. The Morgan fingerprint density at radius 1 is 1.42 bits per heavy atom. The first-order valence-corrected chi connectivity index (χ1v) is 7.66. The van der Waals surface area contributed by atoms with Crippen LogP contribution in [0.1, 0.15) is 30.3 Å². The molecular formula is C17H19FN4O2. The van der Waals surface area contributed by atoms with Gasteiger partial charge < -0.3 is 10.2 Å². The number of nitrogens with one attached hydrogen (secondary N) is 1. The van der Waals surface area contributed by atoms with Crippen LogP contribution in [0.4, 0.5) is 4.39 Å². The van der Waals surface area contributed by atoms with Crippen LogP contribution >= 0.6 is 0 Å². The molecule has 1 aliphatic rings. The summed E-state index contributed by atoms with van der Waals surface area (Å²) in [5.41, 5.74) is 2.10. The first-order chi connectivity index (χ1) is 11.4. The summed E-state index contributed by atoms with van der Waals surface area (Å²) in [6.45, 7) is 3.95. The zero-order chi connectivity index (χ0) is 17.3. The lowest BCUT2D eigenvalue weighted by atomic mass is 9.95. The molecule has 24 heavy (non-hydrogen) atoms. The third kappa shape index (κ3) is 3.15. The van der Waals surface area contributed by atoms with E-state index < -0.39 is 5.60 Å². The molecule has 1 aromatic carbocycles. The lowest BCUT2D eigenvalue weighted by Gasteiger charge is -2.20. The van der Waals surface area contributed by atoms with Crippen LogP contribution in [-0.2, 0) is 23.2 Å². The third-order valence-corrected chi connectivity index (χ3v) is 4.05. The van der Waals surface area contributed by atoms with Gasteiger partial charge >= 0.3 is 0 Å². The second-order valence-corrected chi connectivity index (χ2v) is 6.13. The van der Waals surface area contributed by atoms with Gasteiger partial charge in [0.1, 0.15) is 5.82 Å². The van der Waals surface area contributed by atoms with Gasteiger partial charge in [0.05, 0.1) is 23.6 Å². The smallest absolute Gasteiger partial charge is 0.267 e. The monoisotopic (exact) mass is 330 g/mol. The van der Waals surface area contributed by atoms with E-state index in [0.717, 1.165) is 17.0 Å². The van der Waals surface area contributed by atoms with E-state index in [1.165, 1.54) is 12.1 Å². The Labute approximate surface area is 139 Å². The number of aryl methyl sites for hydroxylation is 2. The van der Waals surface area contributed by atoms with Gasteiger partial charge in [-0.15, -0.1) is 0 Å². The number of aromatic nitrogens is 2. The Morgan fingerprint density at radius 3 is 2.75 bits per heavy atom. The molecule has 0 saturated carbocycles. The maximum atomic E-state index is 13.0. The summed E-state index contributed by atoms with van der Waals surface area (Å²) in [5.74, 6) is -0.563. The van der Waals surface area contributed by atoms with E-state index in [4.69, 9.17) is 4.84 Å². The van der Waals surface area contributed by atoms with E-state index in [1.807, 2.05) is 20.0 Å². The number of hydrogen-bond acceptors (Lipinski definition) is 4. The van der Waals surface area contributed by atoms with Crippen molar-refractivity contribution in [3.05, 3.63) is 53.1 Å². The van der Waals surface area contributed by atoms with Crippen LogP contribution in [0.25, 0.3) is 0 Å². The summed E-state index contributed by atoms with van der Waals surface area (Å²) in [5, 5.41) is 11.1. The zero-order valence-electron chi connectivity index (χ0n) is 13.8. The van der Waals surface area contributed by atoms with Crippen LogP contribution in [0, 0.1) is 12.7 Å². The Kier molecular flexibility index (Phi) is 4.09. The number of amides is 1. The normalized spacial score (nSPS) is 19.8. The minimum atomic E-state index is -1.07. The topological polar surface area (TPSA) is 68.5 Å². The lowest BCUT2D eigenvalue weighted by molar-refractivity contribution is -0.141. The lowest BCUT2D eigenvalue weighted by Crippen LogP contribution is -2.44. The maximum Gasteiger partial charge on any atom is 0.267 e. The minimum absolute atomic E-state index is 0.248. The van der Waals surface area contributed by atoms with Crippen molar-refractivity contribution >= 4 is 11.6 Å². The van der Waals surface area contributed by atoms with Gasteiger partial charge in [-0.25, -0.2) is 4.39 Å². The summed E-state index contributed by atoms with van der Waals surface area (Å²) in [6, 6.07) is 7.88. The van der Waals surface area contributed by atoms with Crippen LogP contribution in [0.3, 0.4) is 0 Å². The molecule has 1 atom stereocenters. The van der Waals surface area contributed by atoms with Crippen molar-refractivity contribution in [1.82, 2.24) is 15.1 Å². The molecule has 1 aliphatic heterocycles. The molecule has 6 nitrogen and oxygen atoms in total. The molecule has 0 bridgehead atoms. The van der Waals surface area contributed by atoms with Gasteiger partial charge in [0.25, 0.3) is 5.91 Å². The molecule has 1 N–H and O–H groups in total. The summed E-state index contributed by atoms with van der Waals surface area (Å²) < 4.78 is 14.7. The Balaban J connectivity index is 1.63. The number of carbonyl (C=O) groups excluding carboxylic acids is 1. The van der Waals surface area contributed by atoms with Crippen LogP contribution in [0.5, 0.6) is 0 Å². The van der Waals surface area contributed by atoms with E-state index in [2.05, 4.69) is 15.6 Å². The van der Waals surface area contributed by atoms with Crippen molar-refractivity contribution in [2.45, 2.75) is 32.4 Å². The third-order valence-electron chi connectivity index (χ3n) is 4.05. The van der Waals surface area contributed by atoms with Crippen molar-refractivity contribution in [1.29, 1.82) is 0 Å². The molecule has 2 aromatic rings. The highest BCUT2D eigenvalue weighted by Crippen LogP contribution is 2.27. The number of nitrogens with zero attached hydrogens (tertiary/aromatic N) is 3. The Hall–Kier alpha value is -2.70. The first-order valence-electron chi connectivity index (χ1n) is 7.66. The SMILES string of the molecule is Cc1cc(CNC(=O)C2(C)CC(c3ccc(F)cc3)=NO2)n(C)n1. The average molecular weight is 330 g/mol. The van der Waals surface area contributed by atoms with Gasteiger partial charge in [0.2, 0.25) is 5.60 Å². The van der Waals surface area contributed by atoms with Gasteiger partial charge in [0.15, 0.2) is 0 Å². The highest BCUT2D eigenvalue weighted by molar-refractivity contribution is 6.05.